The molecular weight excluding hydrogens is 285 g/mol. The smallest absolute Gasteiger partial charge is 0.258 e. The molecule has 2 heterocycles. The Hall–Kier alpha value is -2.61. The van der Waals surface area contributed by atoms with E-state index in [2.05, 4.69) is 30.4 Å². The summed E-state index contributed by atoms with van der Waals surface area (Å²) in [7, 11) is 0. The number of rotatable bonds is 3. The van der Waals surface area contributed by atoms with Crippen molar-refractivity contribution in [2.75, 3.05) is 5.32 Å². The minimum atomic E-state index is -0.326. The average molecular weight is 292 g/mol. The summed E-state index contributed by atoms with van der Waals surface area (Å²) in [6, 6.07) is 5.76. The van der Waals surface area contributed by atoms with E-state index in [-0.39, 0.29) is 23.0 Å². The Morgan fingerprint density at radius 2 is 1.90 bits per heavy atom. The van der Waals surface area contributed by atoms with Crippen LogP contribution in [0.1, 0.15) is 0 Å². The van der Waals surface area contributed by atoms with E-state index in [0.29, 0.717) is 5.69 Å². The molecule has 0 aliphatic heterocycles. The number of halogens is 2. The van der Waals surface area contributed by atoms with E-state index in [1.807, 2.05) is 0 Å². The van der Waals surface area contributed by atoms with E-state index < -0.39 is 0 Å². The van der Waals surface area contributed by atoms with E-state index >= 15 is 0 Å². The van der Waals surface area contributed by atoms with Crippen molar-refractivity contribution in [3.8, 4) is 5.95 Å². The van der Waals surface area contributed by atoms with Crippen LogP contribution in [0.2, 0.25) is 5.28 Å². The summed E-state index contributed by atoms with van der Waals surface area (Å²) in [6.07, 6.45) is 2.79. The predicted octanol–water partition coefficient (Wildman–Crippen LogP) is 1.99. The second-order valence-corrected chi connectivity index (χ2v) is 4.04. The van der Waals surface area contributed by atoms with Gasteiger partial charge in [-0.25, -0.2) is 9.37 Å². The summed E-state index contributed by atoms with van der Waals surface area (Å²) in [5.41, 5.74) is 0.623. The van der Waals surface area contributed by atoms with E-state index in [9.17, 15) is 4.39 Å². The minimum Gasteiger partial charge on any atom is -0.324 e. The number of aromatic nitrogens is 6. The molecule has 100 valence electrons. The van der Waals surface area contributed by atoms with Crippen molar-refractivity contribution in [2.24, 2.45) is 0 Å². The van der Waals surface area contributed by atoms with Gasteiger partial charge in [0, 0.05) is 5.69 Å². The van der Waals surface area contributed by atoms with Gasteiger partial charge in [0.25, 0.3) is 5.95 Å². The Bertz CT molecular complexity index is 714. The molecule has 0 spiro atoms. The summed E-state index contributed by atoms with van der Waals surface area (Å²) in [5.74, 6) is 0.127. The molecule has 3 aromatic rings. The highest BCUT2D eigenvalue weighted by Crippen LogP contribution is 2.15. The zero-order valence-corrected chi connectivity index (χ0v) is 10.7. The van der Waals surface area contributed by atoms with Gasteiger partial charge in [-0.3, -0.25) is 0 Å². The van der Waals surface area contributed by atoms with Crippen LogP contribution in [-0.4, -0.2) is 29.7 Å². The van der Waals surface area contributed by atoms with Gasteiger partial charge in [0.2, 0.25) is 11.2 Å². The molecule has 1 N–H and O–H groups in total. The molecule has 0 saturated carbocycles. The first kappa shape index (κ1) is 12.4. The van der Waals surface area contributed by atoms with Gasteiger partial charge in [-0.1, -0.05) is 0 Å². The van der Waals surface area contributed by atoms with Crippen LogP contribution < -0.4 is 5.32 Å². The lowest BCUT2D eigenvalue weighted by atomic mass is 10.3. The third kappa shape index (κ3) is 2.69. The molecule has 0 radical (unpaired) electrons. The first-order valence-electron chi connectivity index (χ1n) is 5.50. The maximum Gasteiger partial charge on any atom is 0.258 e. The second kappa shape index (κ2) is 5.17. The average Bonchev–Trinajstić information content (AvgIpc) is 2.95. The lowest BCUT2D eigenvalue weighted by Gasteiger charge is -2.06. The number of benzene rings is 1. The van der Waals surface area contributed by atoms with E-state index in [4.69, 9.17) is 11.6 Å². The van der Waals surface area contributed by atoms with Crippen LogP contribution in [0.15, 0.2) is 36.9 Å². The summed E-state index contributed by atoms with van der Waals surface area (Å²) >= 11 is 5.83. The molecule has 0 atom stereocenters. The molecule has 0 saturated heterocycles. The maximum absolute atomic E-state index is 12.8. The van der Waals surface area contributed by atoms with Gasteiger partial charge in [0.1, 0.15) is 18.5 Å². The van der Waals surface area contributed by atoms with Gasteiger partial charge in [0.05, 0.1) is 0 Å². The van der Waals surface area contributed by atoms with Crippen molar-refractivity contribution >= 4 is 23.2 Å². The summed E-state index contributed by atoms with van der Waals surface area (Å²) in [6.45, 7) is 0. The van der Waals surface area contributed by atoms with Crippen LogP contribution >= 0.6 is 11.6 Å². The van der Waals surface area contributed by atoms with Crippen LogP contribution in [0.5, 0.6) is 0 Å². The van der Waals surface area contributed by atoms with Crippen LogP contribution in [0.25, 0.3) is 5.95 Å². The number of hydrogen-bond donors (Lipinski definition) is 1. The quantitative estimate of drug-likeness (QED) is 0.795. The highest BCUT2D eigenvalue weighted by molar-refractivity contribution is 6.28. The Kier molecular flexibility index (Phi) is 3.21. The fraction of sp³-hybridized carbons (Fsp3) is 0. The summed E-state index contributed by atoms with van der Waals surface area (Å²) < 4.78 is 14.2. The summed E-state index contributed by atoms with van der Waals surface area (Å²) in [5, 5.41) is 6.81. The molecular formula is C11H7ClFN7. The number of nitrogens with zero attached hydrogens (tertiary/aromatic N) is 6. The first-order chi connectivity index (χ1) is 9.70. The number of nitrogens with one attached hydrogen (secondary N) is 1. The maximum atomic E-state index is 12.8. The molecule has 0 aliphatic rings. The largest absolute Gasteiger partial charge is 0.324 e. The van der Waals surface area contributed by atoms with E-state index in [1.165, 1.54) is 29.5 Å². The Balaban J connectivity index is 1.92. The first-order valence-corrected chi connectivity index (χ1v) is 5.88. The van der Waals surface area contributed by atoms with Gasteiger partial charge in [-0.05, 0) is 35.9 Å². The molecule has 20 heavy (non-hydrogen) atoms. The molecule has 0 fully saturated rings. The van der Waals surface area contributed by atoms with Crippen LogP contribution in [0.3, 0.4) is 0 Å². The second-order valence-electron chi connectivity index (χ2n) is 3.70. The van der Waals surface area contributed by atoms with Gasteiger partial charge in [-0.2, -0.15) is 24.7 Å². The molecule has 1 aromatic carbocycles. The lowest BCUT2D eigenvalue weighted by Crippen LogP contribution is -2.06. The Labute approximate surface area is 117 Å². The van der Waals surface area contributed by atoms with Crippen molar-refractivity contribution in [3.05, 3.63) is 48.0 Å². The topological polar surface area (TPSA) is 81.4 Å². The van der Waals surface area contributed by atoms with E-state index in [1.54, 1.807) is 12.1 Å². The SMILES string of the molecule is Fc1ccc(Nc2nc(Cl)nc(-n3cncn3)n2)cc1. The summed E-state index contributed by atoms with van der Waals surface area (Å²) in [4.78, 5) is 15.8. The minimum absolute atomic E-state index is 0.00936. The van der Waals surface area contributed by atoms with Gasteiger partial charge >= 0.3 is 0 Å². The number of hydrogen-bond acceptors (Lipinski definition) is 6. The van der Waals surface area contributed by atoms with Crippen LogP contribution in [-0.2, 0) is 0 Å². The Morgan fingerprint density at radius 3 is 2.60 bits per heavy atom. The van der Waals surface area contributed by atoms with Gasteiger partial charge in [-0.15, -0.1) is 0 Å². The fourth-order valence-electron chi connectivity index (χ4n) is 1.47. The van der Waals surface area contributed by atoms with Gasteiger partial charge in [0.15, 0.2) is 0 Å². The zero-order valence-electron chi connectivity index (χ0n) is 9.90. The van der Waals surface area contributed by atoms with Crippen LogP contribution in [0.4, 0.5) is 16.0 Å². The van der Waals surface area contributed by atoms with Crippen molar-refractivity contribution in [3.63, 3.8) is 0 Å². The van der Waals surface area contributed by atoms with Crippen LogP contribution in [0, 0.1) is 5.82 Å². The third-order valence-corrected chi connectivity index (χ3v) is 2.49. The molecule has 0 amide bonds. The predicted molar refractivity (Wildman–Crippen MR) is 69.4 cm³/mol. The Morgan fingerprint density at radius 1 is 1.10 bits per heavy atom. The molecule has 7 nitrogen and oxygen atoms in total. The third-order valence-electron chi connectivity index (χ3n) is 2.32. The van der Waals surface area contributed by atoms with Crippen molar-refractivity contribution in [2.45, 2.75) is 0 Å². The van der Waals surface area contributed by atoms with Crippen molar-refractivity contribution in [1.82, 2.24) is 29.7 Å². The number of anilines is 2. The molecule has 0 bridgehead atoms. The van der Waals surface area contributed by atoms with Gasteiger partial charge < -0.3 is 5.32 Å². The standard InChI is InChI=1S/C11H7ClFN7/c12-9-17-10(16-8-3-1-7(13)2-4-8)19-11(18-9)20-6-14-5-15-20/h1-6H,(H,16,17,18,19). The van der Waals surface area contributed by atoms with E-state index in [0.717, 1.165) is 0 Å². The van der Waals surface area contributed by atoms with Crippen molar-refractivity contribution in [1.29, 1.82) is 0 Å². The monoisotopic (exact) mass is 291 g/mol. The lowest BCUT2D eigenvalue weighted by molar-refractivity contribution is 0.628. The molecule has 2 aromatic heterocycles. The molecule has 3 rings (SSSR count). The molecule has 9 heteroatoms. The highest BCUT2D eigenvalue weighted by atomic mass is 35.5. The highest BCUT2D eigenvalue weighted by Gasteiger charge is 2.07. The molecule has 0 unspecified atom stereocenters. The van der Waals surface area contributed by atoms with Crippen molar-refractivity contribution < 1.29 is 4.39 Å². The molecule has 0 aliphatic carbocycles. The normalized spacial score (nSPS) is 10.5. The zero-order chi connectivity index (χ0) is 13.9. The fourth-order valence-corrected chi connectivity index (χ4v) is 1.63.